The summed E-state index contributed by atoms with van der Waals surface area (Å²) in [6, 6.07) is 4.87. The van der Waals surface area contributed by atoms with E-state index in [-0.39, 0.29) is 18.1 Å². The second-order valence-electron chi connectivity index (χ2n) is 3.07. The first-order chi connectivity index (χ1) is 6.56. The highest BCUT2D eigenvalue weighted by Crippen LogP contribution is 2.21. The van der Waals surface area contributed by atoms with E-state index in [0.29, 0.717) is 12.1 Å². The first kappa shape index (κ1) is 13.6. The van der Waals surface area contributed by atoms with Gasteiger partial charge in [0, 0.05) is 18.2 Å². The van der Waals surface area contributed by atoms with Gasteiger partial charge in [-0.1, -0.05) is 6.58 Å². The van der Waals surface area contributed by atoms with Crippen molar-refractivity contribution in [3.8, 4) is 0 Å². The van der Waals surface area contributed by atoms with Crippen molar-refractivity contribution in [1.82, 2.24) is 0 Å². The van der Waals surface area contributed by atoms with E-state index < -0.39 is 4.92 Å². The van der Waals surface area contributed by atoms with Crippen molar-refractivity contribution in [2.45, 2.75) is 6.92 Å². The van der Waals surface area contributed by atoms with E-state index in [0.717, 1.165) is 11.1 Å². The van der Waals surface area contributed by atoms with Crippen LogP contribution in [0, 0.1) is 17.0 Å². The van der Waals surface area contributed by atoms with E-state index in [9.17, 15) is 10.1 Å². The number of nitrogens with zero attached hydrogens (tertiary/aromatic N) is 1. The SMILES string of the molecule is C=C(CN)c1ccc([N+](=O)[O-])c(C)c1.Cl. The molecule has 1 rings (SSSR count). The molecule has 0 fully saturated rings. The van der Waals surface area contributed by atoms with Crippen LogP contribution in [0.15, 0.2) is 24.8 Å². The van der Waals surface area contributed by atoms with Gasteiger partial charge in [0.15, 0.2) is 0 Å². The molecule has 5 heteroatoms. The molecule has 0 saturated heterocycles. The highest BCUT2D eigenvalue weighted by atomic mass is 35.5. The molecule has 2 N–H and O–H groups in total. The number of benzene rings is 1. The number of nitro benzene ring substituents is 1. The average Bonchev–Trinajstić information content (AvgIpc) is 2.15. The Morgan fingerprint density at radius 3 is 2.60 bits per heavy atom. The molecule has 15 heavy (non-hydrogen) atoms. The third-order valence-electron chi connectivity index (χ3n) is 2.05. The lowest BCUT2D eigenvalue weighted by molar-refractivity contribution is -0.385. The maximum Gasteiger partial charge on any atom is 0.272 e. The lowest BCUT2D eigenvalue weighted by atomic mass is 10.0. The van der Waals surface area contributed by atoms with Gasteiger partial charge >= 0.3 is 0 Å². The summed E-state index contributed by atoms with van der Waals surface area (Å²) in [6.45, 7) is 5.82. The maximum atomic E-state index is 10.5. The molecule has 0 radical (unpaired) electrons. The molecule has 0 saturated carbocycles. The third-order valence-corrected chi connectivity index (χ3v) is 2.05. The first-order valence-corrected chi connectivity index (χ1v) is 4.19. The van der Waals surface area contributed by atoms with Crippen molar-refractivity contribution in [3.63, 3.8) is 0 Å². The van der Waals surface area contributed by atoms with Gasteiger partial charge in [0.25, 0.3) is 5.69 Å². The number of nitro groups is 1. The van der Waals surface area contributed by atoms with Gasteiger partial charge in [-0.25, -0.2) is 0 Å². The number of nitrogens with two attached hydrogens (primary N) is 1. The smallest absolute Gasteiger partial charge is 0.272 e. The van der Waals surface area contributed by atoms with Crippen LogP contribution >= 0.6 is 12.4 Å². The summed E-state index contributed by atoms with van der Waals surface area (Å²) in [7, 11) is 0. The van der Waals surface area contributed by atoms with E-state index in [2.05, 4.69) is 6.58 Å². The largest absolute Gasteiger partial charge is 0.326 e. The van der Waals surface area contributed by atoms with Gasteiger partial charge in [0.2, 0.25) is 0 Å². The number of hydrogen-bond acceptors (Lipinski definition) is 3. The van der Waals surface area contributed by atoms with Gasteiger partial charge in [-0.15, -0.1) is 12.4 Å². The van der Waals surface area contributed by atoms with Gasteiger partial charge in [-0.2, -0.15) is 0 Å². The average molecular weight is 229 g/mol. The van der Waals surface area contributed by atoms with Crippen LogP contribution in [0.25, 0.3) is 5.57 Å². The Hall–Kier alpha value is -1.39. The molecular formula is C10H13ClN2O2. The van der Waals surface area contributed by atoms with Crippen molar-refractivity contribution >= 4 is 23.7 Å². The van der Waals surface area contributed by atoms with Crippen LogP contribution in [0.1, 0.15) is 11.1 Å². The molecule has 1 aromatic rings. The summed E-state index contributed by atoms with van der Waals surface area (Å²) in [4.78, 5) is 10.1. The summed E-state index contributed by atoms with van der Waals surface area (Å²) < 4.78 is 0. The monoisotopic (exact) mass is 228 g/mol. The summed E-state index contributed by atoms with van der Waals surface area (Å²) >= 11 is 0. The fraction of sp³-hybridized carbons (Fsp3) is 0.200. The topological polar surface area (TPSA) is 69.2 Å². The predicted octanol–water partition coefficient (Wildman–Crippen LogP) is 2.30. The number of rotatable bonds is 3. The maximum absolute atomic E-state index is 10.5. The van der Waals surface area contributed by atoms with Crippen LogP contribution in [-0.4, -0.2) is 11.5 Å². The Kier molecular flexibility index (Phi) is 4.97. The molecule has 0 aromatic heterocycles. The molecule has 0 aliphatic rings. The Balaban J connectivity index is 0.00000196. The second-order valence-corrected chi connectivity index (χ2v) is 3.07. The highest BCUT2D eigenvalue weighted by Gasteiger charge is 2.10. The van der Waals surface area contributed by atoms with Crippen LogP contribution in [0.2, 0.25) is 0 Å². The van der Waals surface area contributed by atoms with Gasteiger partial charge in [0.1, 0.15) is 0 Å². The Bertz CT molecular complexity index is 391. The van der Waals surface area contributed by atoms with Gasteiger partial charge in [0.05, 0.1) is 4.92 Å². The van der Waals surface area contributed by atoms with Gasteiger partial charge < -0.3 is 5.73 Å². The number of halogens is 1. The summed E-state index contributed by atoms with van der Waals surface area (Å²) in [5, 5.41) is 10.5. The molecule has 0 atom stereocenters. The van der Waals surface area contributed by atoms with Crippen molar-refractivity contribution < 1.29 is 4.92 Å². The van der Waals surface area contributed by atoms with Crippen LogP contribution < -0.4 is 5.73 Å². The highest BCUT2D eigenvalue weighted by molar-refractivity contribution is 5.85. The Morgan fingerprint density at radius 1 is 1.60 bits per heavy atom. The molecule has 82 valence electrons. The van der Waals surface area contributed by atoms with Crippen molar-refractivity contribution in [3.05, 3.63) is 46.0 Å². The third kappa shape index (κ3) is 3.04. The first-order valence-electron chi connectivity index (χ1n) is 4.19. The molecule has 4 nitrogen and oxygen atoms in total. The molecule has 0 spiro atoms. The normalized spacial score (nSPS) is 9.20. The fourth-order valence-corrected chi connectivity index (χ4v) is 1.20. The second kappa shape index (κ2) is 5.48. The fourth-order valence-electron chi connectivity index (χ4n) is 1.20. The van der Waals surface area contributed by atoms with Gasteiger partial charge in [-0.3, -0.25) is 10.1 Å². The van der Waals surface area contributed by atoms with Crippen LogP contribution in [0.5, 0.6) is 0 Å². The van der Waals surface area contributed by atoms with Crippen LogP contribution in [0.4, 0.5) is 5.69 Å². The molecule has 0 heterocycles. The molecule has 0 aliphatic heterocycles. The molecule has 0 unspecified atom stereocenters. The standard InChI is InChI=1S/C10H12N2O2.ClH/c1-7-5-9(8(2)6-11)3-4-10(7)12(13)14;/h3-5H,2,6,11H2,1H3;1H. The molecular weight excluding hydrogens is 216 g/mol. The quantitative estimate of drug-likeness (QED) is 0.638. The van der Waals surface area contributed by atoms with Crippen LogP contribution in [0.3, 0.4) is 0 Å². The van der Waals surface area contributed by atoms with E-state index in [1.807, 2.05) is 0 Å². The minimum atomic E-state index is -0.398. The summed E-state index contributed by atoms with van der Waals surface area (Å²) in [5.41, 5.74) is 7.81. The van der Waals surface area contributed by atoms with E-state index in [4.69, 9.17) is 5.73 Å². The lowest BCUT2D eigenvalue weighted by Crippen LogP contribution is -2.01. The zero-order valence-corrected chi connectivity index (χ0v) is 9.21. The minimum Gasteiger partial charge on any atom is -0.326 e. The van der Waals surface area contributed by atoms with Crippen molar-refractivity contribution in [2.75, 3.05) is 6.54 Å². The number of hydrogen-bond donors (Lipinski definition) is 1. The van der Waals surface area contributed by atoms with Crippen molar-refractivity contribution in [1.29, 1.82) is 0 Å². The van der Waals surface area contributed by atoms with E-state index in [1.165, 1.54) is 6.07 Å². The zero-order valence-electron chi connectivity index (χ0n) is 8.40. The molecule has 0 aliphatic carbocycles. The molecule has 1 aromatic carbocycles. The summed E-state index contributed by atoms with van der Waals surface area (Å²) in [5.74, 6) is 0. The van der Waals surface area contributed by atoms with E-state index in [1.54, 1.807) is 19.1 Å². The molecule has 0 bridgehead atoms. The molecule has 0 amide bonds. The lowest BCUT2D eigenvalue weighted by Gasteiger charge is -2.04. The number of aryl methyl sites for hydroxylation is 1. The van der Waals surface area contributed by atoms with Crippen molar-refractivity contribution in [2.24, 2.45) is 5.73 Å². The summed E-state index contributed by atoms with van der Waals surface area (Å²) in [6.07, 6.45) is 0. The predicted molar refractivity (Wildman–Crippen MR) is 63.2 cm³/mol. The van der Waals surface area contributed by atoms with E-state index >= 15 is 0 Å². The Labute approximate surface area is 94.3 Å². The zero-order chi connectivity index (χ0) is 10.7. The minimum absolute atomic E-state index is 0. The van der Waals surface area contributed by atoms with Gasteiger partial charge in [-0.05, 0) is 30.2 Å². The Morgan fingerprint density at radius 2 is 2.20 bits per heavy atom. The van der Waals surface area contributed by atoms with Crippen LogP contribution in [-0.2, 0) is 0 Å².